The van der Waals surface area contributed by atoms with Crippen LogP contribution in [0, 0.1) is 6.92 Å². The van der Waals surface area contributed by atoms with Gasteiger partial charge >= 0.3 is 0 Å². The Balaban J connectivity index is 1.68. The molecule has 0 unspecified atom stereocenters. The number of rotatable bonds is 7. The van der Waals surface area contributed by atoms with Crippen LogP contribution in [0.1, 0.15) is 12.5 Å². The number of nitrogens with one attached hydrogen (secondary N) is 1. The van der Waals surface area contributed by atoms with Crippen LogP contribution in [-0.2, 0) is 4.79 Å². The fraction of sp³-hybridized carbons (Fsp3) is 0.211. The van der Waals surface area contributed by atoms with Crippen LogP contribution in [0.4, 0.5) is 5.69 Å². The summed E-state index contributed by atoms with van der Waals surface area (Å²) < 4.78 is 8.50. The van der Waals surface area contributed by atoms with E-state index >= 15 is 0 Å². The Morgan fingerprint density at radius 2 is 1.97 bits per heavy atom. The molecular weight excluding hydrogens is 522 g/mol. The second kappa shape index (κ2) is 9.64. The van der Waals surface area contributed by atoms with Crippen molar-refractivity contribution in [1.29, 1.82) is 0 Å². The Morgan fingerprint density at radius 3 is 2.66 bits per heavy atom. The number of thioether (sulfide) groups is 1. The zero-order valence-corrected chi connectivity index (χ0v) is 19.8. The number of carbonyl (C=O) groups is 1. The van der Waals surface area contributed by atoms with E-state index in [0.29, 0.717) is 23.3 Å². The van der Waals surface area contributed by atoms with E-state index in [1.54, 1.807) is 0 Å². The second-order valence-electron chi connectivity index (χ2n) is 6.08. The van der Waals surface area contributed by atoms with Crippen LogP contribution in [0.25, 0.3) is 11.4 Å². The maximum atomic E-state index is 12.4. The van der Waals surface area contributed by atoms with Gasteiger partial charge in [-0.2, -0.15) is 0 Å². The fourth-order valence-corrected chi connectivity index (χ4v) is 4.86. The summed E-state index contributed by atoms with van der Waals surface area (Å²) in [6.07, 6.45) is 0. The van der Waals surface area contributed by atoms with Crippen molar-refractivity contribution < 1.29 is 9.53 Å². The molecule has 1 aromatic heterocycles. The third-order valence-corrected chi connectivity index (χ3v) is 6.04. The zero-order valence-electron chi connectivity index (χ0n) is 15.8. The molecule has 0 saturated heterocycles. The number of aryl methyl sites for hydroxylation is 1. The fourth-order valence-electron chi connectivity index (χ4n) is 2.59. The Hall–Kier alpha value is -2.04. The Morgan fingerprint density at radius 1 is 1.24 bits per heavy atom. The molecule has 0 atom stereocenters. The minimum atomic E-state index is -0.178. The van der Waals surface area contributed by atoms with Gasteiger partial charge in [0.2, 0.25) is 11.1 Å². The van der Waals surface area contributed by atoms with Crippen molar-refractivity contribution in [2.24, 2.45) is 0 Å². The molecule has 152 valence electrons. The number of anilines is 1. The number of benzene rings is 2. The monoisotopic (exact) mass is 539 g/mol. The van der Waals surface area contributed by atoms with Gasteiger partial charge in [-0.3, -0.25) is 4.79 Å². The highest BCUT2D eigenvalue weighted by Gasteiger charge is 2.16. The lowest BCUT2D eigenvalue weighted by Gasteiger charge is -2.10. The summed E-state index contributed by atoms with van der Waals surface area (Å²) in [6, 6.07) is 11.3. The Bertz CT molecular complexity index is 1020. The van der Waals surface area contributed by atoms with E-state index in [1.807, 2.05) is 50.2 Å². The highest BCUT2D eigenvalue weighted by molar-refractivity contribution is 9.11. The predicted molar refractivity (Wildman–Crippen MR) is 123 cm³/mol. The van der Waals surface area contributed by atoms with Gasteiger partial charge in [-0.05, 0) is 75.5 Å². The van der Waals surface area contributed by atoms with Gasteiger partial charge < -0.3 is 15.9 Å². The van der Waals surface area contributed by atoms with E-state index in [0.717, 1.165) is 25.8 Å². The van der Waals surface area contributed by atoms with E-state index in [9.17, 15) is 4.79 Å². The third kappa shape index (κ3) is 5.31. The maximum absolute atomic E-state index is 12.4. The number of carbonyl (C=O) groups excluding carboxylic acids is 1. The standard InChI is InChI=1S/C19H19Br2N5O2S/c1-3-28-13-6-4-5-12(9-13)18-24-25-19(26(18)22)29-10-16(27)23-17-14(20)7-11(2)8-15(17)21/h4-9H,3,10,22H2,1-2H3,(H,23,27). The van der Waals surface area contributed by atoms with E-state index in [2.05, 4.69) is 47.4 Å². The van der Waals surface area contributed by atoms with Crippen molar-refractivity contribution in [1.82, 2.24) is 14.9 Å². The Kier molecular flexibility index (Phi) is 7.20. The van der Waals surface area contributed by atoms with Gasteiger partial charge in [0.05, 0.1) is 18.0 Å². The highest BCUT2D eigenvalue weighted by atomic mass is 79.9. The molecule has 0 aliphatic heterocycles. The van der Waals surface area contributed by atoms with Gasteiger partial charge in [-0.15, -0.1) is 10.2 Å². The topological polar surface area (TPSA) is 95.1 Å². The number of ether oxygens (including phenoxy) is 1. The first kappa shape index (κ1) is 21.7. The second-order valence-corrected chi connectivity index (χ2v) is 8.73. The number of hydrogen-bond acceptors (Lipinski definition) is 6. The summed E-state index contributed by atoms with van der Waals surface area (Å²) in [5, 5.41) is 11.6. The highest BCUT2D eigenvalue weighted by Crippen LogP contribution is 2.32. The van der Waals surface area contributed by atoms with Crippen molar-refractivity contribution in [2.75, 3.05) is 23.5 Å². The molecule has 0 aliphatic rings. The van der Waals surface area contributed by atoms with Crippen molar-refractivity contribution in [3.05, 3.63) is 50.9 Å². The molecule has 7 nitrogen and oxygen atoms in total. The van der Waals surface area contributed by atoms with Crippen LogP contribution in [0.3, 0.4) is 0 Å². The number of nitrogens with two attached hydrogens (primary N) is 1. The average Bonchev–Trinajstić information content (AvgIpc) is 3.04. The Labute approximate surface area is 189 Å². The molecule has 0 bridgehead atoms. The molecular formula is C19H19Br2N5O2S. The first-order chi connectivity index (χ1) is 13.9. The number of amides is 1. The molecule has 2 aromatic carbocycles. The van der Waals surface area contributed by atoms with Crippen molar-refractivity contribution in [2.45, 2.75) is 19.0 Å². The predicted octanol–water partition coefficient (Wildman–Crippen LogP) is 4.62. The minimum Gasteiger partial charge on any atom is -0.494 e. The average molecular weight is 541 g/mol. The van der Waals surface area contributed by atoms with Crippen LogP contribution < -0.4 is 15.9 Å². The smallest absolute Gasteiger partial charge is 0.234 e. The summed E-state index contributed by atoms with van der Waals surface area (Å²) in [4.78, 5) is 12.4. The molecule has 10 heteroatoms. The third-order valence-electron chi connectivity index (χ3n) is 3.85. The molecule has 1 heterocycles. The molecule has 0 spiro atoms. The summed E-state index contributed by atoms with van der Waals surface area (Å²) in [7, 11) is 0. The number of aromatic nitrogens is 3. The summed E-state index contributed by atoms with van der Waals surface area (Å²) in [6.45, 7) is 4.47. The van der Waals surface area contributed by atoms with Gasteiger partial charge in [0.1, 0.15) is 5.75 Å². The van der Waals surface area contributed by atoms with Gasteiger partial charge in [0.15, 0.2) is 5.82 Å². The van der Waals surface area contributed by atoms with Crippen molar-refractivity contribution >= 4 is 55.2 Å². The molecule has 0 saturated carbocycles. The lowest BCUT2D eigenvalue weighted by molar-refractivity contribution is -0.113. The molecule has 0 radical (unpaired) electrons. The molecule has 3 aromatic rings. The number of halogens is 2. The lowest BCUT2D eigenvalue weighted by Crippen LogP contribution is -2.17. The lowest BCUT2D eigenvalue weighted by atomic mass is 10.2. The molecule has 1 amide bonds. The molecule has 0 fully saturated rings. The van der Waals surface area contributed by atoms with Crippen molar-refractivity contribution in [3.63, 3.8) is 0 Å². The van der Waals surface area contributed by atoms with Gasteiger partial charge in [0.25, 0.3) is 0 Å². The van der Waals surface area contributed by atoms with E-state index < -0.39 is 0 Å². The van der Waals surface area contributed by atoms with Crippen LogP contribution in [0.15, 0.2) is 50.5 Å². The molecule has 3 rings (SSSR count). The van der Waals surface area contributed by atoms with Crippen LogP contribution >= 0.6 is 43.6 Å². The van der Waals surface area contributed by atoms with Crippen LogP contribution in [0.5, 0.6) is 5.75 Å². The van der Waals surface area contributed by atoms with Crippen LogP contribution in [0.2, 0.25) is 0 Å². The van der Waals surface area contributed by atoms with E-state index in [-0.39, 0.29) is 11.7 Å². The first-order valence-corrected chi connectivity index (χ1v) is 11.3. The zero-order chi connectivity index (χ0) is 21.0. The van der Waals surface area contributed by atoms with Crippen molar-refractivity contribution in [3.8, 4) is 17.1 Å². The normalized spacial score (nSPS) is 10.8. The van der Waals surface area contributed by atoms with Crippen LogP contribution in [-0.4, -0.2) is 33.1 Å². The van der Waals surface area contributed by atoms with Gasteiger partial charge in [-0.1, -0.05) is 23.9 Å². The minimum absolute atomic E-state index is 0.140. The summed E-state index contributed by atoms with van der Waals surface area (Å²) in [5.74, 6) is 7.34. The summed E-state index contributed by atoms with van der Waals surface area (Å²) in [5.41, 5.74) is 2.55. The molecule has 3 N–H and O–H groups in total. The summed E-state index contributed by atoms with van der Waals surface area (Å²) >= 11 is 8.15. The van der Waals surface area contributed by atoms with E-state index in [1.165, 1.54) is 16.4 Å². The number of nitrogens with zero attached hydrogens (tertiary/aromatic N) is 3. The first-order valence-electron chi connectivity index (χ1n) is 8.71. The number of hydrogen-bond donors (Lipinski definition) is 2. The number of nitrogen functional groups attached to an aromatic ring is 1. The van der Waals surface area contributed by atoms with E-state index in [4.69, 9.17) is 10.6 Å². The van der Waals surface area contributed by atoms with Gasteiger partial charge in [0, 0.05) is 14.5 Å². The quantitative estimate of drug-likeness (QED) is 0.335. The maximum Gasteiger partial charge on any atom is 0.234 e. The molecule has 29 heavy (non-hydrogen) atoms. The SMILES string of the molecule is CCOc1cccc(-c2nnc(SCC(=O)Nc3c(Br)cc(C)cc3Br)n2N)c1. The largest absolute Gasteiger partial charge is 0.494 e. The van der Waals surface area contributed by atoms with Gasteiger partial charge in [-0.25, -0.2) is 4.68 Å². The molecule has 0 aliphatic carbocycles.